The highest BCUT2D eigenvalue weighted by Crippen LogP contribution is 2.58. The van der Waals surface area contributed by atoms with Crippen LogP contribution in [0.2, 0.25) is 0 Å². The van der Waals surface area contributed by atoms with Crippen molar-refractivity contribution < 1.29 is 0 Å². The van der Waals surface area contributed by atoms with E-state index in [0.717, 1.165) is 11.8 Å². The fourth-order valence-electron chi connectivity index (χ4n) is 4.64. The van der Waals surface area contributed by atoms with Gasteiger partial charge in [-0.3, -0.25) is 0 Å². The molecule has 2 saturated carbocycles. The Morgan fingerprint density at radius 1 is 1.35 bits per heavy atom. The average Bonchev–Trinajstić information content (AvgIpc) is 2.58. The van der Waals surface area contributed by atoms with E-state index in [4.69, 9.17) is 0 Å². The molecule has 2 aliphatic rings. The first-order valence-electron chi connectivity index (χ1n) is 7.26. The van der Waals surface area contributed by atoms with Crippen LogP contribution in [-0.4, -0.2) is 13.1 Å². The van der Waals surface area contributed by atoms with Crippen molar-refractivity contribution in [1.29, 1.82) is 0 Å². The van der Waals surface area contributed by atoms with Crippen molar-refractivity contribution >= 4 is 0 Å². The van der Waals surface area contributed by atoms with Crippen molar-refractivity contribution in [1.82, 2.24) is 0 Å². The van der Waals surface area contributed by atoms with Crippen LogP contribution in [0.3, 0.4) is 0 Å². The zero-order chi connectivity index (χ0) is 12.6. The standard InChI is InChI=1S/C16H28N/c1-11(2)15(17-5)13-8-10-16(4)9-6-7-12(3)14(13)16/h11,13-15H,3,6-10H2,1-2,4-5H3/q-1/t13-,14+,15+,16-/m0/s1. The zero-order valence-electron chi connectivity index (χ0n) is 12.0. The molecule has 0 heterocycles. The van der Waals surface area contributed by atoms with E-state index in [9.17, 15) is 0 Å². The molecule has 0 N–H and O–H groups in total. The summed E-state index contributed by atoms with van der Waals surface area (Å²) in [7, 11) is 2.01. The van der Waals surface area contributed by atoms with Gasteiger partial charge < -0.3 is 5.32 Å². The molecule has 0 bridgehead atoms. The Hall–Kier alpha value is -0.300. The normalized spacial score (nSPS) is 39.5. The minimum atomic E-state index is 0.539. The second-order valence-corrected chi connectivity index (χ2v) is 6.84. The summed E-state index contributed by atoms with van der Waals surface area (Å²) in [5, 5.41) is 4.69. The summed E-state index contributed by atoms with van der Waals surface area (Å²) in [6, 6.07) is 0.539. The summed E-state index contributed by atoms with van der Waals surface area (Å²) in [5.41, 5.74) is 2.06. The highest BCUT2D eigenvalue weighted by molar-refractivity contribution is 5.18. The molecular weight excluding hydrogens is 206 g/mol. The Balaban J connectivity index is 2.22. The van der Waals surface area contributed by atoms with Crippen molar-refractivity contribution in [3.05, 3.63) is 17.5 Å². The van der Waals surface area contributed by atoms with Gasteiger partial charge in [-0.15, -0.1) is 6.04 Å². The first-order chi connectivity index (χ1) is 7.99. The lowest BCUT2D eigenvalue weighted by atomic mass is 9.64. The third-order valence-corrected chi connectivity index (χ3v) is 5.33. The van der Waals surface area contributed by atoms with E-state index >= 15 is 0 Å². The van der Waals surface area contributed by atoms with Crippen LogP contribution in [0.15, 0.2) is 12.2 Å². The molecule has 0 aromatic rings. The van der Waals surface area contributed by atoms with Crippen LogP contribution in [0.5, 0.6) is 0 Å². The fourth-order valence-corrected chi connectivity index (χ4v) is 4.64. The van der Waals surface area contributed by atoms with Crippen molar-refractivity contribution in [3.63, 3.8) is 0 Å². The van der Waals surface area contributed by atoms with Gasteiger partial charge in [-0.25, -0.2) is 0 Å². The molecule has 0 spiro atoms. The topological polar surface area (TPSA) is 14.1 Å². The number of fused-ring (bicyclic) bond motifs is 1. The van der Waals surface area contributed by atoms with Gasteiger partial charge in [0.05, 0.1) is 0 Å². The summed E-state index contributed by atoms with van der Waals surface area (Å²) in [5.74, 6) is 2.17. The van der Waals surface area contributed by atoms with Crippen molar-refractivity contribution in [2.75, 3.05) is 7.05 Å². The molecule has 0 radical (unpaired) electrons. The first-order valence-corrected chi connectivity index (χ1v) is 7.26. The molecule has 0 amide bonds. The monoisotopic (exact) mass is 234 g/mol. The molecule has 4 atom stereocenters. The Bertz CT molecular complexity index is 294. The maximum atomic E-state index is 4.69. The predicted molar refractivity (Wildman–Crippen MR) is 75.2 cm³/mol. The molecule has 1 heteroatoms. The van der Waals surface area contributed by atoms with Gasteiger partial charge in [-0.1, -0.05) is 51.2 Å². The predicted octanol–water partition coefficient (Wildman–Crippen LogP) is 4.79. The highest BCUT2D eigenvalue weighted by Gasteiger charge is 2.48. The average molecular weight is 234 g/mol. The molecule has 2 aliphatic carbocycles. The summed E-state index contributed by atoms with van der Waals surface area (Å²) in [6.45, 7) is 11.5. The minimum absolute atomic E-state index is 0.539. The van der Waals surface area contributed by atoms with Gasteiger partial charge in [0.2, 0.25) is 0 Å². The van der Waals surface area contributed by atoms with Gasteiger partial charge >= 0.3 is 0 Å². The molecule has 2 rings (SSSR count). The van der Waals surface area contributed by atoms with E-state index in [2.05, 4.69) is 32.7 Å². The summed E-state index contributed by atoms with van der Waals surface area (Å²) < 4.78 is 0. The molecule has 0 aromatic carbocycles. The van der Waals surface area contributed by atoms with Crippen LogP contribution in [0.25, 0.3) is 5.32 Å². The summed E-state index contributed by atoms with van der Waals surface area (Å²) in [6.07, 6.45) is 6.77. The van der Waals surface area contributed by atoms with Crippen molar-refractivity contribution in [2.24, 2.45) is 23.2 Å². The number of rotatable bonds is 3. The molecule has 1 nitrogen and oxygen atoms in total. The van der Waals surface area contributed by atoms with E-state index < -0.39 is 0 Å². The van der Waals surface area contributed by atoms with Gasteiger partial charge in [0.1, 0.15) is 0 Å². The molecule has 0 unspecified atom stereocenters. The number of hydrogen-bond acceptors (Lipinski definition) is 0. The number of nitrogens with zero attached hydrogens (tertiary/aromatic N) is 1. The summed E-state index contributed by atoms with van der Waals surface area (Å²) >= 11 is 0. The molecule has 0 aromatic heterocycles. The lowest BCUT2D eigenvalue weighted by Crippen LogP contribution is -2.36. The SMILES string of the molecule is C=C1CCC[C@@]2(C)CC[C@H]([C@H]([N-]C)C(C)C)[C@@H]12. The van der Waals surface area contributed by atoms with Crippen LogP contribution in [-0.2, 0) is 0 Å². The largest absolute Gasteiger partial charge is 0.662 e. The Labute approximate surface area is 107 Å². The Morgan fingerprint density at radius 3 is 2.65 bits per heavy atom. The van der Waals surface area contributed by atoms with Crippen LogP contribution < -0.4 is 0 Å². The third kappa shape index (κ3) is 2.19. The quantitative estimate of drug-likeness (QED) is 0.624. The second kappa shape index (κ2) is 4.76. The maximum Gasteiger partial charge on any atom is -0.0137 e. The van der Waals surface area contributed by atoms with E-state index in [1.54, 1.807) is 0 Å². The van der Waals surface area contributed by atoms with E-state index in [1.165, 1.54) is 37.7 Å². The van der Waals surface area contributed by atoms with Gasteiger partial charge in [-0.2, -0.15) is 7.05 Å². The van der Waals surface area contributed by atoms with E-state index in [1.807, 2.05) is 7.05 Å². The molecular formula is C16H28N-. The van der Waals surface area contributed by atoms with Crippen LogP contribution in [0.4, 0.5) is 0 Å². The van der Waals surface area contributed by atoms with Gasteiger partial charge in [-0.05, 0) is 37.0 Å². The Morgan fingerprint density at radius 2 is 2.06 bits per heavy atom. The smallest absolute Gasteiger partial charge is 0.0137 e. The van der Waals surface area contributed by atoms with Gasteiger partial charge in [0, 0.05) is 0 Å². The van der Waals surface area contributed by atoms with Crippen LogP contribution >= 0.6 is 0 Å². The first kappa shape index (κ1) is 13.1. The molecule has 2 fully saturated rings. The highest BCUT2D eigenvalue weighted by atomic mass is 14.9. The van der Waals surface area contributed by atoms with E-state index in [-0.39, 0.29) is 0 Å². The van der Waals surface area contributed by atoms with Crippen molar-refractivity contribution in [3.8, 4) is 0 Å². The lowest BCUT2D eigenvalue weighted by molar-refractivity contribution is 0.162. The zero-order valence-corrected chi connectivity index (χ0v) is 12.0. The summed E-state index contributed by atoms with van der Waals surface area (Å²) in [4.78, 5) is 0. The maximum absolute atomic E-state index is 4.69. The van der Waals surface area contributed by atoms with Crippen LogP contribution in [0, 0.1) is 23.2 Å². The molecule has 17 heavy (non-hydrogen) atoms. The number of allylic oxidation sites excluding steroid dienone is 1. The fraction of sp³-hybridized carbons (Fsp3) is 0.875. The molecule has 98 valence electrons. The third-order valence-electron chi connectivity index (χ3n) is 5.33. The van der Waals surface area contributed by atoms with Gasteiger partial charge in [0.25, 0.3) is 0 Å². The lowest BCUT2D eigenvalue weighted by Gasteiger charge is -2.47. The molecule has 0 aliphatic heterocycles. The van der Waals surface area contributed by atoms with Crippen LogP contribution in [0.1, 0.15) is 52.9 Å². The second-order valence-electron chi connectivity index (χ2n) is 6.84. The number of hydrogen-bond donors (Lipinski definition) is 0. The molecule has 0 saturated heterocycles. The van der Waals surface area contributed by atoms with E-state index in [0.29, 0.717) is 17.4 Å². The van der Waals surface area contributed by atoms with Gasteiger partial charge in [0.15, 0.2) is 0 Å². The Kier molecular flexibility index (Phi) is 3.68. The minimum Gasteiger partial charge on any atom is -0.662 e. The van der Waals surface area contributed by atoms with Crippen molar-refractivity contribution in [2.45, 2.75) is 58.9 Å².